The van der Waals surface area contributed by atoms with Crippen LogP contribution in [0.5, 0.6) is 0 Å². The SMILES string of the molecule is CC(C)n1cccc[c]1=[W]. The standard InChI is InChI=1S/C8H11N.W/c1-8(2)9-6-4-3-5-7-9;/h3-6,8H,1-2H3;. The Hall–Kier alpha value is -0.162. The summed E-state index contributed by atoms with van der Waals surface area (Å²) < 4.78 is 3.69. The third-order valence-electron chi connectivity index (χ3n) is 1.41. The molecule has 0 saturated heterocycles. The van der Waals surface area contributed by atoms with Crippen LogP contribution < -0.4 is 0 Å². The maximum atomic E-state index is 2.29. The second-order valence-electron chi connectivity index (χ2n) is 2.54. The molecule has 0 bridgehead atoms. The topological polar surface area (TPSA) is 4.93 Å². The summed E-state index contributed by atoms with van der Waals surface area (Å²) in [6, 6.07) is 6.91. The second-order valence-corrected chi connectivity index (χ2v) is 4.04. The van der Waals surface area contributed by atoms with E-state index in [0.29, 0.717) is 6.04 Å². The van der Waals surface area contributed by atoms with Gasteiger partial charge in [0.1, 0.15) is 0 Å². The van der Waals surface area contributed by atoms with E-state index in [9.17, 15) is 0 Å². The molecule has 0 aliphatic carbocycles. The summed E-state index contributed by atoms with van der Waals surface area (Å²) >= 11 is 1.53. The van der Waals surface area contributed by atoms with E-state index in [2.05, 4.69) is 42.8 Å². The molecule has 54 valence electrons. The first-order valence-electron chi connectivity index (χ1n) is 3.39. The van der Waals surface area contributed by atoms with Gasteiger partial charge in [-0.25, -0.2) is 0 Å². The molecule has 10 heavy (non-hydrogen) atoms. The first kappa shape index (κ1) is 7.94. The first-order valence-corrected chi connectivity index (χ1v) is 4.85. The Kier molecular flexibility index (Phi) is 2.62. The Labute approximate surface area is 72.1 Å². The van der Waals surface area contributed by atoms with Crippen molar-refractivity contribution >= 4 is 0 Å². The van der Waals surface area contributed by atoms with Gasteiger partial charge in [0.25, 0.3) is 0 Å². The summed E-state index contributed by atoms with van der Waals surface area (Å²) in [5.74, 6) is 0. The van der Waals surface area contributed by atoms with Gasteiger partial charge in [-0.05, 0) is 0 Å². The van der Waals surface area contributed by atoms with E-state index in [4.69, 9.17) is 0 Å². The van der Waals surface area contributed by atoms with Gasteiger partial charge in [-0.2, -0.15) is 0 Å². The van der Waals surface area contributed by atoms with Gasteiger partial charge in [0.05, 0.1) is 0 Å². The zero-order chi connectivity index (χ0) is 7.56. The Morgan fingerprint density at radius 2 is 2.10 bits per heavy atom. The third-order valence-corrected chi connectivity index (χ3v) is 2.65. The van der Waals surface area contributed by atoms with Crippen molar-refractivity contribution in [3.8, 4) is 0 Å². The van der Waals surface area contributed by atoms with Crippen molar-refractivity contribution in [1.29, 1.82) is 0 Å². The fourth-order valence-electron chi connectivity index (χ4n) is 0.866. The number of hydrogen-bond donors (Lipinski definition) is 0. The molecule has 1 aromatic heterocycles. The summed E-state index contributed by atoms with van der Waals surface area (Å²) in [6.45, 7) is 4.40. The molecular weight excluding hydrogens is 294 g/mol. The first-order chi connectivity index (χ1) is 4.72. The number of nitrogens with zero attached hydrogens (tertiary/aromatic N) is 1. The Morgan fingerprint density at radius 1 is 1.40 bits per heavy atom. The van der Waals surface area contributed by atoms with Crippen LogP contribution in [-0.2, 0) is 19.4 Å². The fourth-order valence-corrected chi connectivity index (χ4v) is 2.12. The number of pyridine rings is 1. The van der Waals surface area contributed by atoms with E-state index in [0.717, 1.165) is 0 Å². The van der Waals surface area contributed by atoms with Crippen molar-refractivity contribution in [3.63, 3.8) is 0 Å². The molecule has 1 rings (SSSR count). The van der Waals surface area contributed by atoms with E-state index in [1.807, 2.05) is 0 Å². The summed E-state index contributed by atoms with van der Waals surface area (Å²) in [5, 5.41) is 0. The molecule has 0 radical (unpaired) electrons. The van der Waals surface area contributed by atoms with Crippen LogP contribution in [0.4, 0.5) is 0 Å². The quantitative estimate of drug-likeness (QED) is 0.749. The molecule has 1 aromatic rings. The van der Waals surface area contributed by atoms with Gasteiger partial charge in [-0.1, -0.05) is 0 Å². The molecular formula is C8H11NW. The van der Waals surface area contributed by atoms with Crippen LogP contribution in [0.2, 0.25) is 0 Å². The zero-order valence-corrected chi connectivity index (χ0v) is 9.18. The average molecular weight is 305 g/mol. The fraction of sp³-hybridized carbons (Fsp3) is 0.375. The predicted molar refractivity (Wildman–Crippen MR) is 38.1 cm³/mol. The molecule has 0 fully saturated rings. The van der Waals surface area contributed by atoms with Crippen LogP contribution in [0, 0.1) is 3.67 Å². The minimum atomic E-state index is 0.591. The predicted octanol–water partition coefficient (Wildman–Crippen LogP) is 2.15. The second kappa shape index (κ2) is 3.29. The van der Waals surface area contributed by atoms with Crippen LogP contribution in [0.3, 0.4) is 0 Å². The van der Waals surface area contributed by atoms with Crippen LogP contribution in [0.15, 0.2) is 24.4 Å². The van der Waals surface area contributed by atoms with Gasteiger partial charge < -0.3 is 0 Å². The summed E-state index contributed by atoms with van der Waals surface area (Å²) in [7, 11) is 0. The van der Waals surface area contributed by atoms with E-state index >= 15 is 0 Å². The van der Waals surface area contributed by atoms with E-state index in [1.54, 1.807) is 0 Å². The van der Waals surface area contributed by atoms with Gasteiger partial charge in [0.15, 0.2) is 0 Å². The van der Waals surface area contributed by atoms with Gasteiger partial charge in [0, 0.05) is 0 Å². The van der Waals surface area contributed by atoms with E-state index in [-0.39, 0.29) is 0 Å². The van der Waals surface area contributed by atoms with E-state index < -0.39 is 0 Å². The molecule has 0 N–H and O–H groups in total. The van der Waals surface area contributed by atoms with Gasteiger partial charge in [0.2, 0.25) is 0 Å². The van der Waals surface area contributed by atoms with Crippen molar-refractivity contribution in [2.45, 2.75) is 19.9 Å². The third kappa shape index (κ3) is 1.66. The van der Waals surface area contributed by atoms with E-state index in [1.165, 1.54) is 23.0 Å². The van der Waals surface area contributed by atoms with Crippen molar-refractivity contribution in [2.75, 3.05) is 0 Å². The Balaban J connectivity index is 3.16. The monoisotopic (exact) mass is 305 g/mol. The van der Waals surface area contributed by atoms with Gasteiger partial charge in [-0.3, -0.25) is 0 Å². The molecule has 0 unspecified atom stereocenters. The molecule has 0 aliphatic heterocycles. The number of rotatable bonds is 1. The molecule has 2 heteroatoms. The molecule has 0 saturated carbocycles. The van der Waals surface area contributed by atoms with Gasteiger partial charge >= 0.3 is 71.9 Å². The zero-order valence-electron chi connectivity index (χ0n) is 6.24. The average Bonchev–Trinajstić information content (AvgIpc) is 1.88. The van der Waals surface area contributed by atoms with Crippen molar-refractivity contribution in [1.82, 2.24) is 4.57 Å². The van der Waals surface area contributed by atoms with Crippen molar-refractivity contribution < 1.29 is 19.4 Å². The molecule has 0 amide bonds. The summed E-state index contributed by atoms with van der Waals surface area (Å²) in [5.41, 5.74) is 0. The molecule has 1 heterocycles. The molecule has 1 nitrogen and oxygen atoms in total. The van der Waals surface area contributed by atoms with Crippen molar-refractivity contribution in [3.05, 3.63) is 28.1 Å². The minimum absolute atomic E-state index is 0.591. The van der Waals surface area contributed by atoms with Crippen LogP contribution in [0.1, 0.15) is 19.9 Å². The normalized spacial score (nSPS) is 10.3. The Morgan fingerprint density at radius 3 is 2.50 bits per heavy atom. The summed E-state index contributed by atoms with van der Waals surface area (Å²) in [4.78, 5) is 0. The maximum absolute atomic E-state index is 2.29. The van der Waals surface area contributed by atoms with Gasteiger partial charge in [-0.15, -0.1) is 0 Å². The molecule has 0 aliphatic rings. The molecule has 0 atom stereocenters. The summed E-state index contributed by atoms with van der Waals surface area (Å²) in [6.07, 6.45) is 2.13. The molecule has 0 spiro atoms. The molecule has 0 aromatic carbocycles. The van der Waals surface area contributed by atoms with Crippen LogP contribution in [0.25, 0.3) is 0 Å². The van der Waals surface area contributed by atoms with Crippen LogP contribution in [-0.4, -0.2) is 4.57 Å². The van der Waals surface area contributed by atoms with Crippen LogP contribution >= 0.6 is 0 Å². The van der Waals surface area contributed by atoms with Crippen molar-refractivity contribution in [2.24, 2.45) is 0 Å². The number of hydrogen-bond acceptors (Lipinski definition) is 0. The Bertz CT molecular complexity index is 262. The number of aromatic nitrogens is 1.